The minimum absolute atomic E-state index is 0.0686. The Morgan fingerprint density at radius 3 is 2.61 bits per heavy atom. The van der Waals surface area contributed by atoms with Crippen molar-refractivity contribution in [2.24, 2.45) is 28.1 Å². The second kappa shape index (κ2) is 8.47. The van der Waals surface area contributed by atoms with Crippen LogP contribution in [0.5, 0.6) is 0 Å². The average Bonchev–Trinajstić information content (AvgIpc) is 3.39. The highest BCUT2D eigenvalue weighted by atomic mass is 32.2. The van der Waals surface area contributed by atoms with E-state index in [9.17, 15) is 26.7 Å². The molecule has 0 radical (unpaired) electrons. The zero-order valence-electron chi connectivity index (χ0n) is 20.8. The van der Waals surface area contributed by atoms with Gasteiger partial charge in [0, 0.05) is 25.6 Å². The molecule has 2 heterocycles. The van der Waals surface area contributed by atoms with Crippen molar-refractivity contribution in [3.05, 3.63) is 29.5 Å². The Balaban J connectivity index is 1.56. The van der Waals surface area contributed by atoms with Crippen molar-refractivity contribution in [2.45, 2.75) is 50.5 Å². The lowest BCUT2D eigenvalue weighted by molar-refractivity contribution is -0.133. The number of anilines is 2. The van der Waals surface area contributed by atoms with Crippen molar-refractivity contribution in [1.29, 1.82) is 0 Å². The van der Waals surface area contributed by atoms with Gasteiger partial charge in [-0.2, -0.15) is 8.42 Å². The first-order valence-electron chi connectivity index (χ1n) is 12.2. The SMILES string of the molecule is CC(C)CCN1C(=O)C(C2=NS(=O)(=O)c3cc(N(C)S(C)(=O)=O)ccc3N2)=C(O)C2C3CCC(C3)C21. The number of sulfonamides is 2. The Morgan fingerprint density at radius 1 is 1.25 bits per heavy atom. The number of hydrogen-bond donors (Lipinski definition) is 2. The van der Waals surface area contributed by atoms with Gasteiger partial charge in [-0.25, -0.2) is 8.42 Å². The van der Waals surface area contributed by atoms with Gasteiger partial charge in [-0.05, 0) is 61.6 Å². The Kier molecular flexibility index (Phi) is 5.90. The zero-order chi connectivity index (χ0) is 26.2. The van der Waals surface area contributed by atoms with Gasteiger partial charge in [0.25, 0.3) is 15.9 Å². The normalized spacial score (nSPS) is 28.6. The molecule has 4 atom stereocenters. The van der Waals surface area contributed by atoms with E-state index >= 15 is 0 Å². The standard InChI is InChI=1S/C24H32N4O6S2/c1-13(2)9-10-28-21-15-6-5-14(11-15)19(21)22(29)20(24(28)30)23-25-17-8-7-16(27(3)35(4,31)32)12-18(17)36(33,34)26-23/h7-8,12-15,19,21,29H,5-6,9-11H2,1-4H3,(H,25,26). The molecule has 0 saturated heterocycles. The predicted molar refractivity (Wildman–Crippen MR) is 137 cm³/mol. The van der Waals surface area contributed by atoms with E-state index in [4.69, 9.17) is 0 Å². The molecular formula is C24H32N4O6S2. The second-order valence-corrected chi connectivity index (χ2v) is 14.3. The number of carbonyl (C=O) groups is 1. The summed E-state index contributed by atoms with van der Waals surface area (Å²) in [5, 5.41) is 14.3. The van der Waals surface area contributed by atoms with Gasteiger partial charge in [0.1, 0.15) is 16.2 Å². The predicted octanol–water partition coefficient (Wildman–Crippen LogP) is 2.71. The van der Waals surface area contributed by atoms with E-state index in [1.807, 2.05) is 4.90 Å². The van der Waals surface area contributed by atoms with E-state index in [1.54, 1.807) is 0 Å². The molecule has 2 aliphatic heterocycles. The lowest BCUT2D eigenvalue weighted by Gasteiger charge is -2.44. The van der Waals surface area contributed by atoms with E-state index < -0.39 is 26.0 Å². The van der Waals surface area contributed by atoms with Crippen LogP contribution in [0.2, 0.25) is 0 Å². The molecule has 2 saturated carbocycles. The number of aliphatic hydroxyl groups excluding tert-OH is 1. The molecule has 2 N–H and O–H groups in total. The number of benzene rings is 1. The van der Waals surface area contributed by atoms with Crippen LogP contribution in [0.1, 0.15) is 39.5 Å². The van der Waals surface area contributed by atoms with Crippen LogP contribution >= 0.6 is 0 Å². The van der Waals surface area contributed by atoms with E-state index in [0.717, 1.165) is 36.2 Å². The lowest BCUT2D eigenvalue weighted by Crippen LogP contribution is -2.54. The molecular weight excluding hydrogens is 504 g/mol. The molecule has 4 aliphatic rings. The van der Waals surface area contributed by atoms with Crippen LogP contribution < -0.4 is 9.62 Å². The third-order valence-corrected chi connectivity index (χ3v) is 10.6. The average molecular weight is 537 g/mol. The molecule has 2 bridgehead atoms. The van der Waals surface area contributed by atoms with Gasteiger partial charge >= 0.3 is 0 Å². The highest BCUT2D eigenvalue weighted by Crippen LogP contribution is 2.55. The number of aliphatic hydroxyl groups is 1. The summed E-state index contributed by atoms with van der Waals surface area (Å²) in [6, 6.07) is 4.08. The number of hydrogen-bond acceptors (Lipinski definition) is 7. The minimum Gasteiger partial charge on any atom is -0.511 e. The van der Waals surface area contributed by atoms with Gasteiger partial charge in [-0.3, -0.25) is 9.10 Å². The summed E-state index contributed by atoms with van der Waals surface area (Å²) in [6.45, 7) is 4.72. The van der Waals surface area contributed by atoms with Crippen LogP contribution in [0.25, 0.3) is 0 Å². The minimum atomic E-state index is -4.28. The molecule has 1 aromatic rings. The number of amides is 1. The largest absolute Gasteiger partial charge is 0.511 e. The number of nitrogens with one attached hydrogen (secondary N) is 1. The molecule has 0 spiro atoms. The molecule has 196 valence electrons. The maximum atomic E-state index is 13.8. The van der Waals surface area contributed by atoms with Gasteiger partial charge in [-0.15, -0.1) is 4.40 Å². The summed E-state index contributed by atoms with van der Waals surface area (Å²) in [4.78, 5) is 15.4. The fourth-order valence-electron chi connectivity index (χ4n) is 6.16. The van der Waals surface area contributed by atoms with Crippen LogP contribution in [0.4, 0.5) is 11.4 Å². The highest BCUT2D eigenvalue weighted by Gasteiger charge is 2.57. The first kappa shape index (κ1) is 25.1. The molecule has 2 aliphatic carbocycles. The summed E-state index contributed by atoms with van der Waals surface area (Å²) in [5.74, 6) is 0.0988. The molecule has 36 heavy (non-hydrogen) atoms. The highest BCUT2D eigenvalue weighted by molar-refractivity contribution is 7.92. The number of nitrogens with zero attached hydrogens (tertiary/aromatic N) is 3. The Hall–Kier alpha value is -2.60. The van der Waals surface area contributed by atoms with E-state index in [-0.39, 0.29) is 51.3 Å². The molecule has 5 rings (SSSR count). The third kappa shape index (κ3) is 3.98. The Bertz CT molecular complexity index is 1400. The first-order chi connectivity index (χ1) is 16.8. The van der Waals surface area contributed by atoms with E-state index in [2.05, 4.69) is 23.6 Å². The first-order valence-corrected chi connectivity index (χ1v) is 15.5. The zero-order valence-corrected chi connectivity index (χ0v) is 22.4. The van der Waals surface area contributed by atoms with Gasteiger partial charge < -0.3 is 15.3 Å². The van der Waals surface area contributed by atoms with Crippen molar-refractivity contribution >= 4 is 43.2 Å². The van der Waals surface area contributed by atoms with Crippen molar-refractivity contribution in [2.75, 3.05) is 29.5 Å². The number of rotatable bonds is 6. The molecule has 10 nitrogen and oxygen atoms in total. The van der Waals surface area contributed by atoms with Crippen LogP contribution in [0.3, 0.4) is 0 Å². The topological polar surface area (TPSA) is 136 Å². The smallest absolute Gasteiger partial charge is 0.286 e. The number of amidine groups is 1. The number of fused-ring (bicyclic) bond motifs is 6. The van der Waals surface area contributed by atoms with Gasteiger partial charge in [-0.1, -0.05) is 13.8 Å². The molecule has 2 fully saturated rings. The van der Waals surface area contributed by atoms with Gasteiger partial charge in [0.05, 0.1) is 17.6 Å². The quantitative estimate of drug-likeness (QED) is 0.570. The maximum Gasteiger partial charge on any atom is 0.286 e. The van der Waals surface area contributed by atoms with Crippen LogP contribution in [0.15, 0.2) is 38.8 Å². The van der Waals surface area contributed by atoms with Gasteiger partial charge in [0.15, 0.2) is 5.84 Å². The van der Waals surface area contributed by atoms with E-state index in [1.165, 1.54) is 25.2 Å². The molecule has 4 unspecified atom stereocenters. The van der Waals surface area contributed by atoms with Crippen LogP contribution in [0, 0.1) is 23.7 Å². The van der Waals surface area contributed by atoms with E-state index in [0.29, 0.717) is 18.4 Å². The van der Waals surface area contributed by atoms with Crippen LogP contribution in [-0.4, -0.2) is 64.5 Å². The molecule has 12 heteroatoms. The Labute approximate surface area is 212 Å². The van der Waals surface area contributed by atoms with Crippen molar-refractivity contribution < 1.29 is 26.7 Å². The Morgan fingerprint density at radius 2 is 1.94 bits per heavy atom. The summed E-state index contributed by atoms with van der Waals surface area (Å²) in [5.41, 5.74) is 0.252. The molecule has 0 aromatic heterocycles. The molecule has 1 amide bonds. The van der Waals surface area contributed by atoms with Gasteiger partial charge in [0.2, 0.25) is 10.0 Å². The summed E-state index contributed by atoms with van der Waals surface area (Å²) < 4.78 is 55.1. The van der Waals surface area contributed by atoms with Crippen molar-refractivity contribution in [3.63, 3.8) is 0 Å². The van der Waals surface area contributed by atoms with Crippen molar-refractivity contribution in [3.8, 4) is 0 Å². The monoisotopic (exact) mass is 536 g/mol. The fraction of sp³-hybridized carbons (Fsp3) is 0.583. The third-order valence-electron chi connectivity index (χ3n) is 8.03. The van der Waals surface area contributed by atoms with Crippen LogP contribution in [-0.2, 0) is 24.8 Å². The van der Waals surface area contributed by atoms with Crippen molar-refractivity contribution in [1.82, 2.24) is 4.90 Å². The fourth-order valence-corrected chi connectivity index (χ4v) is 7.80. The summed E-state index contributed by atoms with van der Waals surface area (Å²) in [7, 11) is -6.55. The summed E-state index contributed by atoms with van der Waals surface area (Å²) >= 11 is 0. The molecule has 1 aromatic carbocycles. The summed E-state index contributed by atoms with van der Waals surface area (Å²) in [6.07, 6.45) is 4.79. The second-order valence-electron chi connectivity index (χ2n) is 10.7. The number of carbonyl (C=O) groups excluding carboxylic acids is 1. The maximum absolute atomic E-state index is 13.8. The lowest BCUT2D eigenvalue weighted by atomic mass is 9.77.